The lowest BCUT2D eigenvalue weighted by Crippen LogP contribution is -2.28. The molecule has 0 fully saturated rings. The van der Waals surface area contributed by atoms with E-state index in [9.17, 15) is 9.59 Å². The first-order valence-corrected chi connectivity index (χ1v) is 14.2. The Hall–Kier alpha value is -4.87. The van der Waals surface area contributed by atoms with Gasteiger partial charge in [0, 0.05) is 32.2 Å². The number of nitrogens with one attached hydrogen (secondary N) is 2. The van der Waals surface area contributed by atoms with E-state index in [1.807, 2.05) is 63.3 Å². The van der Waals surface area contributed by atoms with Crippen LogP contribution in [0.2, 0.25) is 0 Å². The van der Waals surface area contributed by atoms with Crippen LogP contribution in [0, 0.1) is 11.7 Å². The van der Waals surface area contributed by atoms with E-state index < -0.39 is 23.4 Å². The normalized spacial score (nSPS) is 12.8. The first-order valence-electron chi connectivity index (χ1n) is 14.2. The lowest BCUT2D eigenvalue weighted by Gasteiger charge is -2.28. The number of nitrogens with two attached hydrogens (primary N) is 1. The Morgan fingerprint density at radius 1 is 1.09 bits per heavy atom. The van der Waals surface area contributed by atoms with Crippen molar-refractivity contribution in [1.29, 1.82) is 0 Å². The number of methoxy groups -OCH3 is 1. The number of benzene rings is 2. The SMILES string of the molecule is COc1ccc([C@@H](Nc2nc(Nc3ccc4c(c3)c(N(C)C)nn4C)c(C(N)=O)cc2F)[C@H](C)CC(=O)OC(C)(C)C)cc1. The number of hydrogen-bond acceptors (Lipinski definition) is 9. The van der Waals surface area contributed by atoms with Gasteiger partial charge in [-0.05, 0) is 68.7 Å². The Labute approximate surface area is 256 Å². The number of carbonyl (C=O) groups is 2. The van der Waals surface area contributed by atoms with Gasteiger partial charge in [-0.2, -0.15) is 5.10 Å². The van der Waals surface area contributed by atoms with Crippen molar-refractivity contribution < 1.29 is 23.5 Å². The molecule has 0 saturated heterocycles. The molecule has 0 bridgehead atoms. The predicted molar refractivity (Wildman–Crippen MR) is 170 cm³/mol. The van der Waals surface area contributed by atoms with Gasteiger partial charge in [-0.25, -0.2) is 9.37 Å². The van der Waals surface area contributed by atoms with Crippen molar-refractivity contribution >= 4 is 45.9 Å². The average Bonchev–Trinajstić information content (AvgIpc) is 3.27. The Balaban J connectivity index is 1.72. The number of amides is 1. The second-order valence-electron chi connectivity index (χ2n) is 11.9. The highest BCUT2D eigenvalue weighted by molar-refractivity contribution is 5.99. The minimum Gasteiger partial charge on any atom is -0.497 e. The maximum Gasteiger partial charge on any atom is 0.306 e. The van der Waals surface area contributed by atoms with E-state index in [-0.39, 0.29) is 35.5 Å². The van der Waals surface area contributed by atoms with E-state index in [1.165, 1.54) is 0 Å². The van der Waals surface area contributed by atoms with Crippen molar-refractivity contribution in [2.45, 2.75) is 45.8 Å². The van der Waals surface area contributed by atoms with Crippen molar-refractivity contribution in [2.24, 2.45) is 18.7 Å². The fourth-order valence-corrected chi connectivity index (χ4v) is 4.94. The Morgan fingerprint density at radius 2 is 1.77 bits per heavy atom. The van der Waals surface area contributed by atoms with Crippen LogP contribution in [0.4, 0.5) is 27.5 Å². The van der Waals surface area contributed by atoms with Crippen LogP contribution < -0.4 is 26.0 Å². The summed E-state index contributed by atoms with van der Waals surface area (Å²) in [6.45, 7) is 7.27. The quantitative estimate of drug-likeness (QED) is 0.188. The molecule has 4 rings (SSSR count). The highest BCUT2D eigenvalue weighted by Gasteiger charge is 2.27. The van der Waals surface area contributed by atoms with Crippen LogP contribution in [0.25, 0.3) is 10.9 Å². The monoisotopic (exact) mass is 605 g/mol. The van der Waals surface area contributed by atoms with Crippen LogP contribution >= 0.6 is 0 Å². The summed E-state index contributed by atoms with van der Waals surface area (Å²) in [5, 5.41) is 11.7. The summed E-state index contributed by atoms with van der Waals surface area (Å²) >= 11 is 0. The minimum atomic E-state index is -0.841. The van der Waals surface area contributed by atoms with Gasteiger partial charge in [-0.1, -0.05) is 19.1 Å². The summed E-state index contributed by atoms with van der Waals surface area (Å²) in [7, 11) is 7.22. The molecule has 0 radical (unpaired) electrons. The number of hydrogen-bond donors (Lipinski definition) is 3. The molecule has 2 heterocycles. The summed E-state index contributed by atoms with van der Waals surface area (Å²) in [4.78, 5) is 31.5. The van der Waals surface area contributed by atoms with Crippen molar-refractivity contribution in [2.75, 3.05) is 36.7 Å². The summed E-state index contributed by atoms with van der Waals surface area (Å²) < 4.78 is 28.2. The average molecular weight is 606 g/mol. The highest BCUT2D eigenvalue weighted by atomic mass is 19.1. The van der Waals surface area contributed by atoms with Crippen LogP contribution in [0.3, 0.4) is 0 Å². The van der Waals surface area contributed by atoms with Gasteiger partial charge in [0.1, 0.15) is 17.2 Å². The smallest absolute Gasteiger partial charge is 0.306 e. The van der Waals surface area contributed by atoms with Gasteiger partial charge in [-0.3, -0.25) is 14.3 Å². The number of aromatic nitrogens is 3. The number of anilines is 4. The van der Waals surface area contributed by atoms with Crippen molar-refractivity contribution in [1.82, 2.24) is 14.8 Å². The number of fused-ring (bicyclic) bond motifs is 1. The van der Waals surface area contributed by atoms with Gasteiger partial charge in [0.05, 0.1) is 30.7 Å². The second-order valence-corrected chi connectivity index (χ2v) is 11.9. The number of primary amides is 1. The van der Waals surface area contributed by atoms with E-state index in [0.717, 1.165) is 28.4 Å². The van der Waals surface area contributed by atoms with Gasteiger partial charge in [0.2, 0.25) is 0 Å². The number of nitrogens with zero attached hydrogens (tertiary/aromatic N) is 4. The summed E-state index contributed by atoms with van der Waals surface area (Å²) in [6, 6.07) is 13.3. The van der Waals surface area contributed by atoms with E-state index in [2.05, 4.69) is 20.7 Å². The zero-order chi connectivity index (χ0) is 32.3. The van der Waals surface area contributed by atoms with Gasteiger partial charge in [0.25, 0.3) is 5.91 Å². The molecule has 2 atom stereocenters. The van der Waals surface area contributed by atoms with Crippen LogP contribution in [-0.2, 0) is 16.6 Å². The van der Waals surface area contributed by atoms with Gasteiger partial charge < -0.3 is 30.7 Å². The van der Waals surface area contributed by atoms with E-state index in [1.54, 1.807) is 44.7 Å². The third-order valence-corrected chi connectivity index (χ3v) is 7.00. The second kappa shape index (κ2) is 12.8. The molecule has 0 spiro atoms. The molecule has 12 heteroatoms. The van der Waals surface area contributed by atoms with Gasteiger partial charge in [-0.15, -0.1) is 0 Å². The number of esters is 1. The number of rotatable bonds is 11. The topological polar surface area (TPSA) is 137 Å². The molecule has 0 aliphatic carbocycles. The Bertz CT molecular complexity index is 1660. The molecule has 4 aromatic rings. The zero-order valence-corrected chi connectivity index (χ0v) is 26.4. The predicted octanol–water partition coefficient (Wildman–Crippen LogP) is 5.55. The highest BCUT2D eigenvalue weighted by Crippen LogP contribution is 2.34. The molecule has 0 saturated carbocycles. The number of pyridine rings is 1. The molecule has 0 aliphatic rings. The van der Waals surface area contributed by atoms with Crippen LogP contribution in [0.1, 0.15) is 56.1 Å². The molecule has 1 amide bonds. The summed E-state index contributed by atoms with van der Waals surface area (Å²) in [6.07, 6.45) is 0.0619. The van der Waals surface area contributed by atoms with Crippen molar-refractivity contribution in [3.63, 3.8) is 0 Å². The standard InChI is InChI=1S/C32H40FN7O4/c1-18(15-26(41)44-32(2,3)4)27(19-9-12-21(43-8)13-10-19)36-30-24(33)17-23(28(34)42)29(37-30)35-20-11-14-25-22(16-20)31(39(5)6)38-40(25)7/h9-14,16-18,27H,15H2,1-8H3,(H2,34,42)(H2,35,36,37)/t18-,27+/m1/s1. The first-order chi connectivity index (χ1) is 20.7. The minimum absolute atomic E-state index is 0.0619. The van der Waals surface area contributed by atoms with Crippen molar-refractivity contribution in [3.8, 4) is 5.75 Å². The zero-order valence-electron chi connectivity index (χ0n) is 26.4. The molecule has 0 unspecified atom stereocenters. The number of carbonyl (C=O) groups excluding carboxylic acids is 2. The fraction of sp³-hybridized carbons (Fsp3) is 0.375. The fourth-order valence-electron chi connectivity index (χ4n) is 4.94. The van der Waals surface area contributed by atoms with Crippen LogP contribution in [0.5, 0.6) is 5.75 Å². The number of ether oxygens (including phenoxy) is 2. The molecular formula is C32H40FN7O4. The third kappa shape index (κ3) is 7.36. The van der Waals surface area contributed by atoms with Crippen molar-refractivity contribution in [3.05, 3.63) is 65.5 Å². The molecule has 44 heavy (non-hydrogen) atoms. The van der Waals surface area contributed by atoms with E-state index >= 15 is 4.39 Å². The maximum absolute atomic E-state index is 15.5. The molecule has 2 aromatic carbocycles. The lowest BCUT2D eigenvalue weighted by atomic mass is 9.91. The van der Waals surface area contributed by atoms with Crippen LogP contribution in [-0.4, -0.2) is 53.4 Å². The molecule has 4 N–H and O–H groups in total. The van der Waals surface area contributed by atoms with Gasteiger partial charge >= 0.3 is 5.97 Å². The molecule has 11 nitrogen and oxygen atoms in total. The number of aryl methyl sites for hydroxylation is 1. The van der Waals surface area contributed by atoms with E-state index in [0.29, 0.717) is 11.4 Å². The lowest BCUT2D eigenvalue weighted by molar-refractivity contribution is -0.155. The number of halogens is 1. The Kier molecular flexibility index (Phi) is 9.31. The molecule has 0 aliphatic heterocycles. The summed E-state index contributed by atoms with van der Waals surface area (Å²) in [5.41, 5.74) is 7.15. The maximum atomic E-state index is 15.5. The third-order valence-electron chi connectivity index (χ3n) is 7.00. The summed E-state index contributed by atoms with van der Waals surface area (Å²) in [5.74, 6) is -0.974. The first kappa shape index (κ1) is 32.1. The molecular weight excluding hydrogens is 565 g/mol. The van der Waals surface area contributed by atoms with Gasteiger partial charge in [0.15, 0.2) is 17.5 Å². The van der Waals surface area contributed by atoms with E-state index in [4.69, 9.17) is 15.2 Å². The largest absolute Gasteiger partial charge is 0.497 e. The Morgan fingerprint density at radius 3 is 2.36 bits per heavy atom. The molecule has 2 aromatic heterocycles. The molecule has 234 valence electrons. The van der Waals surface area contributed by atoms with Crippen LogP contribution in [0.15, 0.2) is 48.5 Å².